The van der Waals surface area contributed by atoms with Crippen molar-refractivity contribution >= 4 is 34.9 Å². The van der Waals surface area contributed by atoms with Gasteiger partial charge in [-0.25, -0.2) is 14.2 Å². The summed E-state index contributed by atoms with van der Waals surface area (Å²) >= 11 is 0. The Hall–Kier alpha value is -3.94. The maximum Gasteiger partial charge on any atom is 0.409 e. The smallest absolute Gasteiger partial charge is 0.409 e. The van der Waals surface area contributed by atoms with Crippen LogP contribution < -0.4 is 15.5 Å². The van der Waals surface area contributed by atoms with E-state index in [0.717, 1.165) is 0 Å². The molecule has 3 N–H and O–H groups in total. The van der Waals surface area contributed by atoms with Crippen LogP contribution in [-0.2, 0) is 0 Å². The molecule has 0 aliphatic rings. The molecule has 0 aliphatic carbocycles. The number of para-hydroxylation sites is 2. The number of nitrogens with zero attached hydrogens (tertiary/aromatic N) is 2. The quantitative estimate of drug-likeness (QED) is 0.612. The average molecular weight is 380 g/mol. The van der Waals surface area contributed by atoms with E-state index in [1.807, 2.05) is 6.07 Å². The summed E-state index contributed by atoms with van der Waals surface area (Å²) in [6, 6.07) is 17.6. The molecule has 0 saturated carbocycles. The van der Waals surface area contributed by atoms with E-state index in [1.165, 1.54) is 29.2 Å². The standard InChI is InChI=1S/C20H17FN4O3/c1-25(14-7-3-2-4-8-14)19(26)17-11-13(22-20(27)28)12-18(24-17)23-16-10-6-5-9-15(16)21/h2-12H,1H3,(H,27,28)(H2,22,23,24). The Kier molecular flexibility index (Phi) is 5.50. The zero-order valence-corrected chi connectivity index (χ0v) is 14.9. The second-order valence-corrected chi connectivity index (χ2v) is 5.86. The second kappa shape index (κ2) is 8.17. The summed E-state index contributed by atoms with van der Waals surface area (Å²) < 4.78 is 13.9. The van der Waals surface area contributed by atoms with Gasteiger partial charge in [0, 0.05) is 18.8 Å². The van der Waals surface area contributed by atoms with Crippen LogP contribution in [-0.4, -0.2) is 29.1 Å². The lowest BCUT2D eigenvalue weighted by Gasteiger charge is -2.18. The van der Waals surface area contributed by atoms with Crippen molar-refractivity contribution in [2.45, 2.75) is 0 Å². The van der Waals surface area contributed by atoms with E-state index in [9.17, 15) is 14.0 Å². The molecule has 3 rings (SSSR count). The summed E-state index contributed by atoms with van der Waals surface area (Å²) in [6.45, 7) is 0. The third-order valence-corrected chi connectivity index (χ3v) is 3.88. The van der Waals surface area contributed by atoms with Crippen LogP contribution >= 0.6 is 0 Å². The lowest BCUT2D eigenvalue weighted by molar-refractivity contribution is 0.0988. The van der Waals surface area contributed by atoms with Crippen LogP contribution in [0.2, 0.25) is 0 Å². The molecule has 8 heteroatoms. The second-order valence-electron chi connectivity index (χ2n) is 5.86. The number of hydrogen-bond donors (Lipinski definition) is 3. The van der Waals surface area contributed by atoms with Gasteiger partial charge in [0.2, 0.25) is 0 Å². The van der Waals surface area contributed by atoms with Crippen LogP contribution in [0.5, 0.6) is 0 Å². The number of carboxylic acid groups (broad SMARTS) is 1. The first-order valence-electron chi connectivity index (χ1n) is 8.31. The molecule has 0 unspecified atom stereocenters. The first-order valence-corrected chi connectivity index (χ1v) is 8.31. The SMILES string of the molecule is CN(C(=O)c1cc(NC(=O)O)cc(Nc2ccccc2F)n1)c1ccccc1. The molecule has 2 amide bonds. The van der Waals surface area contributed by atoms with Gasteiger partial charge < -0.3 is 15.3 Å². The van der Waals surface area contributed by atoms with Gasteiger partial charge >= 0.3 is 6.09 Å². The summed E-state index contributed by atoms with van der Waals surface area (Å²) in [6.07, 6.45) is -1.29. The minimum absolute atomic E-state index is 0.00329. The van der Waals surface area contributed by atoms with Gasteiger partial charge in [-0.2, -0.15) is 0 Å². The molecule has 7 nitrogen and oxygen atoms in total. The van der Waals surface area contributed by atoms with Crippen LogP contribution in [0.25, 0.3) is 0 Å². The van der Waals surface area contributed by atoms with E-state index in [2.05, 4.69) is 15.6 Å². The van der Waals surface area contributed by atoms with E-state index in [-0.39, 0.29) is 22.9 Å². The van der Waals surface area contributed by atoms with Gasteiger partial charge in [-0.05, 0) is 30.3 Å². The van der Waals surface area contributed by atoms with Gasteiger partial charge in [0.25, 0.3) is 5.91 Å². The molecule has 0 saturated heterocycles. The van der Waals surface area contributed by atoms with Crippen molar-refractivity contribution in [3.05, 3.63) is 78.2 Å². The van der Waals surface area contributed by atoms with Crippen molar-refractivity contribution in [3.8, 4) is 0 Å². The van der Waals surface area contributed by atoms with Crippen LogP contribution in [0.15, 0.2) is 66.7 Å². The lowest BCUT2D eigenvalue weighted by Crippen LogP contribution is -2.27. The predicted octanol–water partition coefficient (Wildman–Crippen LogP) is 4.33. The molecule has 2 aromatic carbocycles. The number of carbonyl (C=O) groups excluding carboxylic acids is 1. The Labute approximate surface area is 160 Å². The monoisotopic (exact) mass is 380 g/mol. The molecular formula is C20H17FN4O3. The molecule has 3 aromatic rings. The summed E-state index contributed by atoms with van der Waals surface area (Å²) in [4.78, 5) is 29.5. The topological polar surface area (TPSA) is 94.6 Å². The van der Waals surface area contributed by atoms with Crippen LogP contribution in [0.3, 0.4) is 0 Å². The lowest BCUT2D eigenvalue weighted by atomic mass is 10.2. The van der Waals surface area contributed by atoms with Gasteiger partial charge in [-0.3, -0.25) is 10.1 Å². The van der Waals surface area contributed by atoms with Gasteiger partial charge in [-0.15, -0.1) is 0 Å². The number of halogens is 1. The van der Waals surface area contributed by atoms with Gasteiger partial charge in [0.1, 0.15) is 17.3 Å². The molecular weight excluding hydrogens is 363 g/mol. The maximum absolute atomic E-state index is 13.9. The van der Waals surface area contributed by atoms with Crippen molar-refractivity contribution < 1.29 is 19.1 Å². The molecule has 0 fully saturated rings. The fourth-order valence-electron chi connectivity index (χ4n) is 2.54. The number of amides is 2. The zero-order valence-electron chi connectivity index (χ0n) is 14.9. The number of rotatable bonds is 5. The fourth-order valence-corrected chi connectivity index (χ4v) is 2.54. The highest BCUT2D eigenvalue weighted by Crippen LogP contribution is 2.23. The summed E-state index contributed by atoms with van der Waals surface area (Å²) in [5.41, 5.74) is 0.925. The van der Waals surface area contributed by atoms with E-state index < -0.39 is 17.8 Å². The highest BCUT2D eigenvalue weighted by atomic mass is 19.1. The number of carbonyl (C=O) groups is 2. The fraction of sp³-hybridized carbons (Fsp3) is 0.0500. The zero-order chi connectivity index (χ0) is 20.1. The minimum Gasteiger partial charge on any atom is -0.465 e. The largest absolute Gasteiger partial charge is 0.465 e. The van der Waals surface area contributed by atoms with Gasteiger partial charge in [0.15, 0.2) is 0 Å². The Bertz CT molecular complexity index is 1010. The molecule has 0 bridgehead atoms. The van der Waals surface area contributed by atoms with Gasteiger partial charge in [-0.1, -0.05) is 30.3 Å². The van der Waals surface area contributed by atoms with E-state index in [4.69, 9.17) is 5.11 Å². The third-order valence-electron chi connectivity index (χ3n) is 3.88. The molecule has 0 spiro atoms. The van der Waals surface area contributed by atoms with Crippen molar-refractivity contribution in [3.63, 3.8) is 0 Å². The summed E-state index contributed by atoms with van der Waals surface area (Å²) in [5.74, 6) is -0.826. The van der Waals surface area contributed by atoms with Crippen LogP contribution in [0.1, 0.15) is 10.5 Å². The van der Waals surface area contributed by atoms with E-state index >= 15 is 0 Å². The predicted molar refractivity (Wildman–Crippen MR) is 105 cm³/mol. The van der Waals surface area contributed by atoms with Gasteiger partial charge in [0.05, 0.1) is 11.4 Å². The molecule has 1 aromatic heterocycles. The van der Waals surface area contributed by atoms with Crippen molar-refractivity contribution in [2.24, 2.45) is 0 Å². The molecule has 0 atom stereocenters. The first-order chi connectivity index (χ1) is 13.4. The average Bonchev–Trinajstić information content (AvgIpc) is 2.68. The number of anilines is 4. The molecule has 142 valence electrons. The summed E-state index contributed by atoms with van der Waals surface area (Å²) in [7, 11) is 1.58. The number of hydrogen-bond acceptors (Lipinski definition) is 4. The number of aromatic nitrogens is 1. The van der Waals surface area contributed by atoms with E-state index in [1.54, 1.807) is 43.4 Å². The Morgan fingerprint density at radius 1 is 1.04 bits per heavy atom. The molecule has 1 heterocycles. The normalized spacial score (nSPS) is 10.2. The number of nitrogens with one attached hydrogen (secondary N) is 2. The van der Waals surface area contributed by atoms with Crippen LogP contribution in [0, 0.1) is 5.82 Å². The number of pyridine rings is 1. The highest BCUT2D eigenvalue weighted by Gasteiger charge is 2.18. The minimum atomic E-state index is -1.29. The number of benzene rings is 2. The highest BCUT2D eigenvalue weighted by molar-refractivity contribution is 6.05. The molecule has 28 heavy (non-hydrogen) atoms. The Balaban J connectivity index is 1.96. The Morgan fingerprint density at radius 2 is 1.71 bits per heavy atom. The maximum atomic E-state index is 13.9. The molecule has 0 radical (unpaired) electrons. The first kappa shape index (κ1) is 18.8. The summed E-state index contributed by atoms with van der Waals surface area (Å²) in [5, 5.41) is 14.0. The van der Waals surface area contributed by atoms with Crippen molar-refractivity contribution in [1.82, 2.24) is 4.98 Å². The third kappa shape index (κ3) is 4.42. The van der Waals surface area contributed by atoms with Crippen molar-refractivity contribution in [1.29, 1.82) is 0 Å². The Morgan fingerprint density at radius 3 is 2.39 bits per heavy atom. The van der Waals surface area contributed by atoms with Crippen LogP contribution in [0.4, 0.5) is 32.1 Å². The van der Waals surface area contributed by atoms with Crippen molar-refractivity contribution in [2.75, 3.05) is 22.6 Å². The molecule has 0 aliphatic heterocycles. The van der Waals surface area contributed by atoms with E-state index in [0.29, 0.717) is 5.69 Å².